The highest BCUT2D eigenvalue weighted by atomic mass is 16.4. The average Bonchev–Trinajstić information content (AvgIpc) is 2.38. The quantitative estimate of drug-likeness (QED) is 0.743. The van der Waals surface area contributed by atoms with E-state index >= 15 is 0 Å². The van der Waals surface area contributed by atoms with Crippen molar-refractivity contribution in [2.75, 3.05) is 0 Å². The molecule has 4 heteroatoms. The van der Waals surface area contributed by atoms with E-state index in [1.54, 1.807) is 0 Å². The lowest BCUT2D eigenvalue weighted by Gasteiger charge is -2.19. The van der Waals surface area contributed by atoms with Gasteiger partial charge in [-0.1, -0.05) is 19.1 Å². The Morgan fingerprint density at radius 3 is 3.00 bits per heavy atom. The van der Waals surface area contributed by atoms with E-state index in [1.165, 1.54) is 0 Å². The number of nitrogens with zero attached hydrogens (tertiary/aromatic N) is 1. The molecule has 17 heavy (non-hydrogen) atoms. The summed E-state index contributed by atoms with van der Waals surface area (Å²) in [5, 5.41) is 8.82. The maximum absolute atomic E-state index is 12.0. The number of hydrogen-bond acceptors (Lipinski definition) is 3. The number of fused-ring (bicyclic) bond motifs is 1. The second kappa shape index (κ2) is 4.82. The average molecular weight is 235 g/mol. The van der Waals surface area contributed by atoms with Gasteiger partial charge in [0.05, 0.1) is 6.42 Å². The highest BCUT2D eigenvalue weighted by Gasteiger charge is 2.33. The molecule has 1 N–H and O–H groups in total. The predicted molar refractivity (Wildman–Crippen MR) is 64.1 cm³/mol. The van der Waals surface area contributed by atoms with Crippen molar-refractivity contribution in [1.29, 1.82) is 0 Å². The van der Waals surface area contributed by atoms with Crippen molar-refractivity contribution in [1.82, 2.24) is 0 Å². The molecule has 3 unspecified atom stereocenters. The number of allylic oxidation sites excluding steroid dienone is 2. The van der Waals surface area contributed by atoms with Crippen LogP contribution in [0.2, 0.25) is 0 Å². The van der Waals surface area contributed by atoms with Gasteiger partial charge in [0.1, 0.15) is 6.04 Å². The third-order valence-electron chi connectivity index (χ3n) is 3.53. The van der Waals surface area contributed by atoms with Crippen molar-refractivity contribution in [3.8, 4) is 0 Å². The number of Topliss-reactive ketones (excluding diaryl/α,β-unsaturated/α-hetero) is 1. The normalized spacial score (nSPS) is 32.6. The number of aliphatic imine (C=N–C) groups is 1. The molecule has 0 spiro atoms. The zero-order valence-electron chi connectivity index (χ0n) is 9.93. The number of hydrogen-bond donors (Lipinski definition) is 1. The lowest BCUT2D eigenvalue weighted by atomic mass is 9.84. The van der Waals surface area contributed by atoms with Gasteiger partial charge in [-0.15, -0.1) is 0 Å². The van der Waals surface area contributed by atoms with Gasteiger partial charge in [0.15, 0.2) is 5.78 Å². The number of carbonyl (C=O) groups excluding carboxylic acids is 1. The predicted octanol–water partition coefficient (Wildman–Crippen LogP) is 1.85. The highest BCUT2D eigenvalue weighted by molar-refractivity contribution is 5.97. The summed E-state index contributed by atoms with van der Waals surface area (Å²) in [6.45, 7) is 1.88. The molecular formula is C13H17NO3. The third-order valence-corrected chi connectivity index (χ3v) is 3.53. The minimum absolute atomic E-state index is 0.0192. The van der Waals surface area contributed by atoms with E-state index in [-0.39, 0.29) is 18.1 Å². The first-order valence-electron chi connectivity index (χ1n) is 6.05. The van der Waals surface area contributed by atoms with Gasteiger partial charge in [-0.05, 0) is 12.8 Å². The van der Waals surface area contributed by atoms with Gasteiger partial charge in [0.25, 0.3) is 0 Å². The van der Waals surface area contributed by atoms with E-state index in [2.05, 4.69) is 11.1 Å². The van der Waals surface area contributed by atoms with Gasteiger partial charge in [0, 0.05) is 24.0 Å². The number of rotatable bonds is 2. The molecule has 1 aliphatic carbocycles. The molecule has 3 atom stereocenters. The molecule has 0 saturated heterocycles. The monoisotopic (exact) mass is 235 g/mol. The number of aliphatic carboxylic acids is 1. The van der Waals surface area contributed by atoms with Gasteiger partial charge < -0.3 is 5.11 Å². The van der Waals surface area contributed by atoms with Crippen molar-refractivity contribution in [2.45, 2.75) is 38.6 Å². The minimum atomic E-state index is -0.954. The molecule has 2 aliphatic rings. The molecule has 0 radical (unpaired) electrons. The van der Waals surface area contributed by atoms with E-state index in [1.807, 2.05) is 13.0 Å². The standard InChI is InChI=1S/C13H17NO3/c1-8-6-9-4-2-3-5-10(9)14-11(13(8)17)7-12(15)16/h2-3,8-9,11H,4-7H2,1H3,(H,15,16). The van der Waals surface area contributed by atoms with Gasteiger partial charge in [-0.3, -0.25) is 14.6 Å². The molecule has 4 nitrogen and oxygen atoms in total. The Morgan fingerprint density at radius 2 is 2.29 bits per heavy atom. The van der Waals surface area contributed by atoms with Crippen molar-refractivity contribution in [3.05, 3.63) is 12.2 Å². The van der Waals surface area contributed by atoms with Gasteiger partial charge in [-0.2, -0.15) is 0 Å². The Hall–Kier alpha value is -1.45. The Balaban J connectivity index is 2.26. The second-order valence-corrected chi connectivity index (χ2v) is 4.88. The Labute approximate surface area is 100 Å². The number of carboxylic acid groups (broad SMARTS) is 1. The molecule has 0 aromatic heterocycles. The van der Waals surface area contributed by atoms with Crippen LogP contribution in [0, 0.1) is 11.8 Å². The molecule has 0 aromatic rings. The summed E-state index contributed by atoms with van der Waals surface area (Å²) < 4.78 is 0. The van der Waals surface area contributed by atoms with Crippen molar-refractivity contribution < 1.29 is 14.7 Å². The Bertz CT molecular complexity index is 397. The summed E-state index contributed by atoms with van der Waals surface area (Å²) in [7, 11) is 0. The third kappa shape index (κ3) is 2.62. The molecule has 0 saturated carbocycles. The largest absolute Gasteiger partial charge is 0.481 e. The summed E-state index contributed by atoms with van der Waals surface area (Å²) in [6, 6.07) is -0.672. The summed E-state index contributed by atoms with van der Waals surface area (Å²) in [5.74, 6) is -0.728. The lowest BCUT2D eigenvalue weighted by Crippen LogP contribution is -2.26. The number of carbonyl (C=O) groups is 2. The highest BCUT2D eigenvalue weighted by Crippen LogP contribution is 2.29. The molecule has 0 fully saturated rings. The zero-order valence-corrected chi connectivity index (χ0v) is 9.93. The summed E-state index contributed by atoms with van der Waals surface area (Å²) in [5.41, 5.74) is 1.01. The maximum atomic E-state index is 12.0. The van der Waals surface area contributed by atoms with Gasteiger partial charge >= 0.3 is 5.97 Å². The SMILES string of the molecule is CC1CC2CC=CCC2=NC(CC(=O)O)C1=O. The van der Waals surface area contributed by atoms with Crippen LogP contribution in [0.5, 0.6) is 0 Å². The molecule has 92 valence electrons. The van der Waals surface area contributed by atoms with Gasteiger partial charge in [-0.25, -0.2) is 0 Å². The van der Waals surface area contributed by atoms with Crippen LogP contribution in [-0.4, -0.2) is 28.6 Å². The van der Waals surface area contributed by atoms with E-state index in [0.717, 1.165) is 25.0 Å². The number of carboxylic acids is 1. The van der Waals surface area contributed by atoms with Crippen molar-refractivity contribution in [2.24, 2.45) is 16.8 Å². The Morgan fingerprint density at radius 1 is 1.53 bits per heavy atom. The van der Waals surface area contributed by atoms with Crippen LogP contribution < -0.4 is 0 Å². The lowest BCUT2D eigenvalue weighted by molar-refractivity contribution is -0.139. The summed E-state index contributed by atoms with van der Waals surface area (Å²) >= 11 is 0. The van der Waals surface area contributed by atoms with Crippen LogP contribution in [0.3, 0.4) is 0 Å². The fourth-order valence-electron chi connectivity index (χ4n) is 2.60. The van der Waals surface area contributed by atoms with E-state index in [9.17, 15) is 9.59 Å². The molecular weight excluding hydrogens is 218 g/mol. The van der Waals surface area contributed by atoms with Crippen molar-refractivity contribution >= 4 is 17.5 Å². The molecule has 0 aromatic carbocycles. The number of ketones is 1. The zero-order chi connectivity index (χ0) is 12.4. The molecule has 2 rings (SSSR count). The van der Waals surface area contributed by atoms with Crippen LogP contribution in [0.15, 0.2) is 17.1 Å². The van der Waals surface area contributed by atoms with E-state index in [4.69, 9.17) is 5.11 Å². The Kier molecular flexibility index (Phi) is 3.41. The summed E-state index contributed by atoms with van der Waals surface area (Å²) in [6.07, 6.45) is 6.49. The first-order valence-corrected chi connectivity index (χ1v) is 6.05. The van der Waals surface area contributed by atoms with Crippen LogP contribution in [0.1, 0.15) is 32.6 Å². The van der Waals surface area contributed by atoms with Crippen LogP contribution >= 0.6 is 0 Å². The van der Waals surface area contributed by atoms with Crippen LogP contribution in [0.4, 0.5) is 0 Å². The molecule has 0 bridgehead atoms. The first kappa shape index (κ1) is 12.0. The molecule has 0 amide bonds. The topological polar surface area (TPSA) is 66.7 Å². The van der Waals surface area contributed by atoms with Crippen molar-refractivity contribution in [3.63, 3.8) is 0 Å². The smallest absolute Gasteiger partial charge is 0.305 e. The summed E-state index contributed by atoms with van der Waals surface area (Å²) in [4.78, 5) is 27.2. The maximum Gasteiger partial charge on any atom is 0.305 e. The van der Waals surface area contributed by atoms with Crippen LogP contribution in [-0.2, 0) is 9.59 Å². The van der Waals surface area contributed by atoms with E-state index < -0.39 is 12.0 Å². The second-order valence-electron chi connectivity index (χ2n) is 4.88. The van der Waals surface area contributed by atoms with E-state index in [0.29, 0.717) is 5.92 Å². The van der Waals surface area contributed by atoms with Crippen LogP contribution in [0.25, 0.3) is 0 Å². The van der Waals surface area contributed by atoms with Gasteiger partial charge in [0.2, 0.25) is 0 Å². The molecule has 1 aliphatic heterocycles. The first-order chi connectivity index (χ1) is 8.08. The fourth-order valence-corrected chi connectivity index (χ4v) is 2.60. The molecule has 1 heterocycles. The fraction of sp³-hybridized carbons (Fsp3) is 0.615. The minimum Gasteiger partial charge on any atom is -0.481 e.